The highest BCUT2D eigenvalue weighted by Gasteiger charge is 2.31. The summed E-state index contributed by atoms with van der Waals surface area (Å²) in [6.07, 6.45) is 0.710. The average Bonchev–Trinajstić information content (AvgIpc) is 3.13. The molecule has 3 rings (SSSR count). The van der Waals surface area contributed by atoms with Crippen molar-refractivity contribution in [1.82, 2.24) is 10.2 Å². The molecule has 2 aromatic rings. The minimum Gasteiger partial charge on any atom is -0.497 e. The van der Waals surface area contributed by atoms with Gasteiger partial charge >= 0.3 is 6.03 Å². The molecule has 0 unspecified atom stereocenters. The normalized spacial score (nSPS) is 13.4. The number of ether oxygens (including phenoxy) is 3. The molecule has 0 atom stereocenters. The average molecular weight is 413 g/mol. The molecule has 1 aliphatic heterocycles. The van der Waals surface area contributed by atoms with Crippen molar-refractivity contribution in [3.05, 3.63) is 48.0 Å². The van der Waals surface area contributed by atoms with Gasteiger partial charge in [0, 0.05) is 31.4 Å². The van der Waals surface area contributed by atoms with Gasteiger partial charge in [-0.15, -0.1) is 0 Å². The van der Waals surface area contributed by atoms with Gasteiger partial charge in [-0.25, -0.2) is 4.79 Å². The van der Waals surface area contributed by atoms with Gasteiger partial charge in [0.2, 0.25) is 5.91 Å². The summed E-state index contributed by atoms with van der Waals surface area (Å²) in [4.78, 5) is 28.2. The summed E-state index contributed by atoms with van der Waals surface area (Å²) in [7, 11) is 4.74. The standard InChI is InChI=1S/C22H27N3O5/c1-28-18-7-4-16(5-8-18)10-11-23-21(26)15-24-12-13-25(22(24)27)17-6-9-19(29-2)20(14-17)30-3/h4-9,14H,10-13,15H2,1-3H3,(H,23,26). The van der Waals surface area contributed by atoms with E-state index < -0.39 is 0 Å². The quantitative estimate of drug-likeness (QED) is 0.682. The number of rotatable bonds is 9. The lowest BCUT2D eigenvalue weighted by Crippen LogP contribution is -2.40. The van der Waals surface area contributed by atoms with Crippen LogP contribution in [0.4, 0.5) is 10.5 Å². The number of carbonyl (C=O) groups is 2. The van der Waals surface area contributed by atoms with Crippen LogP contribution >= 0.6 is 0 Å². The molecule has 30 heavy (non-hydrogen) atoms. The number of hydrogen-bond donors (Lipinski definition) is 1. The fourth-order valence-corrected chi connectivity index (χ4v) is 3.33. The topological polar surface area (TPSA) is 80.3 Å². The SMILES string of the molecule is COc1ccc(CCNC(=O)CN2CCN(c3ccc(OC)c(OC)c3)C2=O)cc1. The molecule has 8 nitrogen and oxygen atoms in total. The fourth-order valence-electron chi connectivity index (χ4n) is 3.33. The predicted molar refractivity (Wildman–Crippen MR) is 114 cm³/mol. The molecule has 160 valence electrons. The molecule has 1 heterocycles. The molecule has 0 aromatic heterocycles. The van der Waals surface area contributed by atoms with Crippen molar-refractivity contribution in [3.8, 4) is 17.2 Å². The molecule has 0 spiro atoms. The minimum absolute atomic E-state index is 0.0330. The van der Waals surface area contributed by atoms with Crippen molar-refractivity contribution < 1.29 is 23.8 Å². The third-order valence-corrected chi connectivity index (χ3v) is 5.00. The van der Waals surface area contributed by atoms with Crippen LogP contribution in [0.3, 0.4) is 0 Å². The lowest BCUT2D eigenvalue weighted by atomic mass is 10.1. The summed E-state index contributed by atoms with van der Waals surface area (Å²) >= 11 is 0. The van der Waals surface area contributed by atoms with Gasteiger partial charge in [0.1, 0.15) is 12.3 Å². The van der Waals surface area contributed by atoms with Crippen molar-refractivity contribution in [2.45, 2.75) is 6.42 Å². The van der Waals surface area contributed by atoms with Crippen LogP contribution in [0.15, 0.2) is 42.5 Å². The number of methoxy groups -OCH3 is 3. The Balaban J connectivity index is 1.50. The molecule has 1 N–H and O–H groups in total. The van der Waals surface area contributed by atoms with E-state index in [0.717, 1.165) is 11.3 Å². The van der Waals surface area contributed by atoms with E-state index >= 15 is 0 Å². The first-order chi connectivity index (χ1) is 14.5. The number of hydrogen-bond acceptors (Lipinski definition) is 5. The maximum absolute atomic E-state index is 12.7. The molecule has 0 bridgehead atoms. The van der Waals surface area contributed by atoms with E-state index in [1.165, 1.54) is 0 Å². The number of nitrogens with zero attached hydrogens (tertiary/aromatic N) is 2. The van der Waals surface area contributed by atoms with Crippen LogP contribution in [0.25, 0.3) is 0 Å². The molecule has 2 aromatic carbocycles. The third-order valence-electron chi connectivity index (χ3n) is 5.00. The molecular weight excluding hydrogens is 386 g/mol. The van der Waals surface area contributed by atoms with Crippen LogP contribution in [0, 0.1) is 0 Å². The van der Waals surface area contributed by atoms with Crippen LogP contribution in [-0.2, 0) is 11.2 Å². The van der Waals surface area contributed by atoms with Gasteiger partial charge in [0.15, 0.2) is 11.5 Å². The van der Waals surface area contributed by atoms with Crippen molar-refractivity contribution in [2.75, 3.05) is 52.4 Å². The number of amides is 3. The second kappa shape index (κ2) is 9.87. The second-order valence-electron chi connectivity index (χ2n) is 6.84. The van der Waals surface area contributed by atoms with Gasteiger partial charge in [0.05, 0.1) is 21.3 Å². The number of carbonyl (C=O) groups excluding carboxylic acids is 2. The molecule has 0 radical (unpaired) electrons. The Morgan fingerprint density at radius 3 is 2.37 bits per heavy atom. The maximum Gasteiger partial charge on any atom is 0.325 e. The monoisotopic (exact) mass is 413 g/mol. The smallest absolute Gasteiger partial charge is 0.325 e. The Hall–Kier alpha value is -3.42. The summed E-state index contributed by atoms with van der Waals surface area (Å²) in [6, 6.07) is 12.8. The van der Waals surface area contributed by atoms with Gasteiger partial charge in [0.25, 0.3) is 0 Å². The Bertz CT molecular complexity index is 885. The van der Waals surface area contributed by atoms with Crippen molar-refractivity contribution in [2.24, 2.45) is 0 Å². The van der Waals surface area contributed by atoms with E-state index in [1.54, 1.807) is 49.3 Å². The zero-order valence-electron chi connectivity index (χ0n) is 17.5. The number of benzene rings is 2. The molecule has 1 fully saturated rings. The van der Waals surface area contributed by atoms with E-state index in [0.29, 0.717) is 43.2 Å². The first-order valence-electron chi connectivity index (χ1n) is 9.73. The first kappa shape index (κ1) is 21.3. The Morgan fingerprint density at radius 1 is 0.967 bits per heavy atom. The van der Waals surface area contributed by atoms with E-state index in [-0.39, 0.29) is 18.5 Å². The van der Waals surface area contributed by atoms with Crippen molar-refractivity contribution in [3.63, 3.8) is 0 Å². The van der Waals surface area contributed by atoms with Crippen LogP contribution in [0.5, 0.6) is 17.2 Å². The third kappa shape index (κ3) is 4.94. The molecular formula is C22H27N3O5. The number of nitrogens with one attached hydrogen (secondary N) is 1. The molecule has 0 aliphatic carbocycles. The molecule has 0 saturated carbocycles. The van der Waals surface area contributed by atoms with Crippen LogP contribution in [0.1, 0.15) is 5.56 Å². The van der Waals surface area contributed by atoms with Crippen LogP contribution in [0.2, 0.25) is 0 Å². The highest BCUT2D eigenvalue weighted by molar-refractivity contribution is 5.96. The Kier molecular flexibility index (Phi) is 7.00. The summed E-state index contributed by atoms with van der Waals surface area (Å²) in [5.41, 5.74) is 1.81. The largest absolute Gasteiger partial charge is 0.497 e. The van der Waals surface area contributed by atoms with Gasteiger partial charge in [-0.1, -0.05) is 12.1 Å². The van der Waals surface area contributed by atoms with Gasteiger partial charge in [-0.05, 0) is 36.2 Å². The highest BCUT2D eigenvalue weighted by Crippen LogP contribution is 2.32. The van der Waals surface area contributed by atoms with Crippen molar-refractivity contribution in [1.29, 1.82) is 0 Å². The summed E-state index contributed by atoms with van der Waals surface area (Å²) in [5.74, 6) is 1.78. The van der Waals surface area contributed by atoms with E-state index in [4.69, 9.17) is 14.2 Å². The van der Waals surface area contributed by atoms with E-state index in [9.17, 15) is 9.59 Å². The molecule has 1 saturated heterocycles. The van der Waals surface area contributed by atoms with Gasteiger partial charge < -0.3 is 24.4 Å². The fraction of sp³-hybridized carbons (Fsp3) is 0.364. The van der Waals surface area contributed by atoms with Crippen LogP contribution < -0.4 is 24.4 Å². The lowest BCUT2D eigenvalue weighted by molar-refractivity contribution is -0.121. The zero-order valence-corrected chi connectivity index (χ0v) is 17.5. The molecule has 3 amide bonds. The zero-order chi connectivity index (χ0) is 21.5. The minimum atomic E-state index is -0.201. The number of urea groups is 1. The molecule has 8 heteroatoms. The van der Waals surface area contributed by atoms with Gasteiger partial charge in [-0.3, -0.25) is 9.69 Å². The Morgan fingerprint density at radius 2 is 1.70 bits per heavy atom. The summed E-state index contributed by atoms with van der Waals surface area (Å²) < 4.78 is 15.7. The van der Waals surface area contributed by atoms with Gasteiger partial charge in [-0.2, -0.15) is 0 Å². The van der Waals surface area contributed by atoms with Crippen molar-refractivity contribution >= 4 is 17.6 Å². The summed E-state index contributed by atoms with van der Waals surface area (Å²) in [5, 5.41) is 2.88. The van der Waals surface area contributed by atoms with E-state index in [1.807, 2.05) is 24.3 Å². The lowest BCUT2D eigenvalue weighted by Gasteiger charge is -2.19. The highest BCUT2D eigenvalue weighted by atomic mass is 16.5. The maximum atomic E-state index is 12.7. The Labute approximate surface area is 176 Å². The first-order valence-corrected chi connectivity index (χ1v) is 9.73. The summed E-state index contributed by atoms with van der Waals surface area (Å²) in [6.45, 7) is 1.53. The van der Waals surface area contributed by atoms with E-state index in [2.05, 4.69) is 5.32 Å². The number of anilines is 1. The molecule has 1 aliphatic rings. The predicted octanol–water partition coefficient (Wildman–Crippen LogP) is 2.31. The second-order valence-corrected chi connectivity index (χ2v) is 6.84. The van der Waals surface area contributed by atoms with Crippen LogP contribution in [-0.4, -0.2) is 64.3 Å².